The van der Waals surface area contributed by atoms with E-state index in [-0.39, 0.29) is 30.9 Å². The van der Waals surface area contributed by atoms with E-state index >= 15 is 0 Å². The zero-order valence-electron chi connectivity index (χ0n) is 20.0. The molecule has 1 saturated heterocycles. The molecule has 5 rings (SSSR count). The highest BCUT2D eigenvalue weighted by Crippen LogP contribution is 2.44. The van der Waals surface area contributed by atoms with Gasteiger partial charge >= 0.3 is 12.1 Å². The molecule has 0 spiro atoms. The molecule has 2 aromatic rings. The van der Waals surface area contributed by atoms with Crippen LogP contribution in [0.1, 0.15) is 56.1 Å². The molecule has 0 aromatic heterocycles. The van der Waals surface area contributed by atoms with Crippen molar-refractivity contribution in [3.05, 3.63) is 59.7 Å². The van der Waals surface area contributed by atoms with Crippen LogP contribution in [-0.2, 0) is 14.3 Å². The number of rotatable bonds is 5. The molecule has 3 aliphatic rings. The number of amides is 2. The standard InChI is InChI=1S/C28H32N2O5/c1-18-14-19(25(31)32)16-30(15-18)26(33)28(12-6-7-13-28)29-27(34)35-17-24-22-10-4-2-8-20(22)21-9-3-5-11-23(21)24/h2-5,8-11,18-19,24H,6-7,12-17H2,1H3,(H,29,34)(H,31,32). The number of piperidine rings is 1. The maximum atomic E-state index is 13.6. The summed E-state index contributed by atoms with van der Waals surface area (Å²) in [6.07, 6.45) is 2.72. The Balaban J connectivity index is 1.29. The number of hydrogen-bond donors (Lipinski definition) is 2. The average Bonchev–Trinajstić information content (AvgIpc) is 3.45. The molecule has 1 aliphatic heterocycles. The van der Waals surface area contributed by atoms with Gasteiger partial charge < -0.3 is 20.1 Å². The lowest BCUT2D eigenvalue weighted by molar-refractivity contribution is -0.149. The molecule has 2 amide bonds. The van der Waals surface area contributed by atoms with Gasteiger partial charge in [-0.25, -0.2) is 4.79 Å². The fraction of sp³-hybridized carbons (Fsp3) is 0.464. The number of benzene rings is 2. The monoisotopic (exact) mass is 476 g/mol. The molecule has 0 bridgehead atoms. The van der Waals surface area contributed by atoms with Crippen LogP contribution < -0.4 is 5.32 Å². The molecule has 35 heavy (non-hydrogen) atoms. The van der Waals surface area contributed by atoms with Gasteiger partial charge in [-0.05, 0) is 47.4 Å². The number of carboxylic acids is 1. The van der Waals surface area contributed by atoms with Gasteiger partial charge in [0, 0.05) is 19.0 Å². The molecule has 1 heterocycles. The highest BCUT2D eigenvalue weighted by atomic mass is 16.5. The van der Waals surface area contributed by atoms with Crippen molar-refractivity contribution >= 4 is 18.0 Å². The number of nitrogens with one attached hydrogen (secondary N) is 1. The number of aliphatic carboxylic acids is 1. The number of carbonyl (C=O) groups is 3. The summed E-state index contributed by atoms with van der Waals surface area (Å²) in [5.74, 6) is -1.58. The Bertz CT molecular complexity index is 1090. The van der Waals surface area contributed by atoms with Crippen molar-refractivity contribution < 1.29 is 24.2 Å². The first-order chi connectivity index (χ1) is 16.9. The van der Waals surface area contributed by atoms with E-state index in [9.17, 15) is 19.5 Å². The van der Waals surface area contributed by atoms with Gasteiger partial charge in [0.15, 0.2) is 0 Å². The number of ether oxygens (including phenoxy) is 1. The molecule has 184 valence electrons. The van der Waals surface area contributed by atoms with Crippen LogP contribution in [0.25, 0.3) is 11.1 Å². The maximum Gasteiger partial charge on any atom is 0.408 e. The van der Waals surface area contributed by atoms with Gasteiger partial charge in [-0.1, -0.05) is 68.3 Å². The van der Waals surface area contributed by atoms with Crippen LogP contribution in [0.3, 0.4) is 0 Å². The van der Waals surface area contributed by atoms with Crippen molar-refractivity contribution in [3.8, 4) is 11.1 Å². The number of carboxylic acid groups (broad SMARTS) is 1. The lowest BCUT2D eigenvalue weighted by Crippen LogP contribution is -2.60. The number of hydrogen-bond acceptors (Lipinski definition) is 4. The fourth-order valence-electron chi connectivity index (χ4n) is 6.20. The molecule has 2 N–H and O–H groups in total. The van der Waals surface area contributed by atoms with Gasteiger partial charge in [0.1, 0.15) is 12.1 Å². The molecule has 2 atom stereocenters. The van der Waals surface area contributed by atoms with E-state index in [2.05, 4.69) is 29.6 Å². The van der Waals surface area contributed by atoms with Gasteiger partial charge in [0.05, 0.1) is 5.92 Å². The van der Waals surface area contributed by atoms with E-state index in [1.165, 1.54) is 0 Å². The molecule has 7 heteroatoms. The van der Waals surface area contributed by atoms with E-state index < -0.39 is 23.5 Å². The van der Waals surface area contributed by atoms with Crippen molar-refractivity contribution in [1.29, 1.82) is 0 Å². The zero-order valence-corrected chi connectivity index (χ0v) is 20.0. The van der Waals surface area contributed by atoms with Crippen molar-refractivity contribution in [2.24, 2.45) is 11.8 Å². The number of nitrogens with zero attached hydrogens (tertiary/aromatic N) is 1. The Morgan fingerprint density at radius 3 is 2.20 bits per heavy atom. The first kappa shape index (κ1) is 23.4. The summed E-state index contributed by atoms with van der Waals surface area (Å²) in [5, 5.41) is 12.4. The van der Waals surface area contributed by atoms with Gasteiger partial charge in [0.25, 0.3) is 0 Å². The van der Waals surface area contributed by atoms with Gasteiger partial charge in [-0.3, -0.25) is 9.59 Å². The van der Waals surface area contributed by atoms with E-state index in [1.54, 1.807) is 4.90 Å². The van der Waals surface area contributed by atoms with Gasteiger partial charge in [0.2, 0.25) is 5.91 Å². The molecular formula is C28H32N2O5. The van der Waals surface area contributed by atoms with Crippen LogP contribution in [0.4, 0.5) is 4.79 Å². The van der Waals surface area contributed by atoms with Crippen LogP contribution in [-0.4, -0.2) is 53.2 Å². The van der Waals surface area contributed by atoms with Crippen LogP contribution in [0, 0.1) is 11.8 Å². The van der Waals surface area contributed by atoms with Crippen LogP contribution >= 0.6 is 0 Å². The predicted octanol–water partition coefficient (Wildman–Crippen LogP) is 4.41. The predicted molar refractivity (Wildman–Crippen MR) is 131 cm³/mol. The van der Waals surface area contributed by atoms with Crippen molar-refractivity contribution in [2.45, 2.75) is 50.5 Å². The minimum Gasteiger partial charge on any atom is -0.481 e. The Labute approximate surface area is 205 Å². The quantitative estimate of drug-likeness (QED) is 0.667. The smallest absolute Gasteiger partial charge is 0.408 e. The minimum absolute atomic E-state index is 0.0531. The highest BCUT2D eigenvalue weighted by Gasteiger charge is 2.47. The fourth-order valence-corrected chi connectivity index (χ4v) is 6.20. The van der Waals surface area contributed by atoms with Crippen LogP contribution in [0.15, 0.2) is 48.5 Å². The summed E-state index contributed by atoms with van der Waals surface area (Å²) in [6, 6.07) is 16.3. The summed E-state index contributed by atoms with van der Waals surface area (Å²) in [5.41, 5.74) is 3.56. The van der Waals surface area contributed by atoms with Crippen LogP contribution in [0.2, 0.25) is 0 Å². The maximum absolute atomic E-state index is 13.6. The third-order valence-electron chi connectivity index (χ3n) is 7.85. The SMILES string of the molecule is CC1CC(C(=O)O)CN(C(=O)C2(NC(=O)OCC3c4ccccc4-c4ccccc43)CCCC2)C1. The van der Waals surface area contributed by atoms with E-state index in [4.69, 9.17) is 4.74 Å². The Morgan fingerprint density at radius 1 is 1.00 bits per heavy atom. The normalized spacial score (nSPS) is 22.8. The molecule has 1 saturated carbocycles. The molecule has 2 aliphatic carbocycles. The largest absolute Gasteiger partial charge is 0.481 e. The second-order valence-electron chi connectivity index (χ2n) is 10.3. The molecule has 0 radical (unpaired) electrons. The lowest BCUT2D eigenvalue weighted by atomic mass is 9.87. The Kier molecular flexibility index (Phi) is 6.26. The van der Waals surface area contributed by atoms with Crippen molar-refractivity contribution in [1.82, 2.24) is 10.2 Å². The number of alkyl carbamates (subject to hydrolysis) is 1. The molecule has 2 fully saturated rings. The minimum atomic E-state index is -1.03. The summed E-state index contributed by atoms with van der Waals surface area (Å²) in [4.78, 5) is 39.9. The highest BCUT2D eigenvalue weighted by molar-refractivity contribution is 5.91. The molecule has 7 nitrogen and oxygen atoms in total. The zero-order chi connectivity index (χ0) is 24.6. The molecule has 2 unspecified atom stereocenters. The van der Waals surface area contributed by atoms with E-state index in [1.807, 2.05) is 31.2 Å². The van der Waals surface area contributed by atoms with Crippen molar-refractivity contribution in [2.75, 3.05) is 19.7 Å². The number of carbonyl (C=O) groups excluding carboxylic acids is 2. The second kappa shape index (κ2) is 9.36. The summed E-state index contributed by atoms with van der Waals surface area (Å²) >= 11 is 0. The Hall–Kier alpha value is -3.35. The first-order valence-electron chi connectivity index (χ1n) is 12.5. The lowest BCUT2D eigenvalue weighted by Gasteiger charge is -2.40. The Morgan fingerprint density at radius 2 is 1.60 bits per heavy atom. The molecular weight excluding hydrogens is 444 g/mol. The first-order valence-corrected chi connectivity index (χ1v) is 12.5. The van der Waals surface area contributed by atoms with Crippen LogP contribution in [0.5, 0.6) is 0 Å². The molecule has 2 aromatic carbocycles. The number of fused-ring (bicyclic) bond motifs is 3. The second-order valence-corrected chi connectivity index (χ2v) is 10.3. The third-order valence-corrected chi connectivity index (χ3v) is 7.85. The van der Waals surface area contributed by atoms with Gasteiger partial charge in [-0.15, -0.1) is 0 Å². The van der Waals surface area contributed by atoms with E-state index in [0.29, 0.717) is 25.8 Å². The van der Waals surface area contributed by atoms with Crippen molar-refractivity contribution in [3.63, 3.8) is 0 Å². The average molecular weight is 477 g/mol. The van der Waals surface area contributed by atoms with Gasteiger partial charge in [-0.2, -0.15) is 0 Å². The van der Waals surface area contributed by atoms with E-state index in [0.717, 1.165) is 35.1 Å². The summed E-state index contributed by atoms with van der Waals surface area (Å²) in [7, 11) is 0. The number of likely N-dealkylation sites (tertiary alicyclic amines) is 1. The third kappa shape index (κ3) is 4.40. The topological polar surface area (TPSA) is 95.9 Å². The summed E-state index contributed by atoms with van der Waals surface area (Å²) in [6.45, 7) is 2.85. The summed E-state index contributed by atoms with van der Waals surface area (Å²) < 4.78 is 5.73.